The first-order valence-electron chi connectivity index (χ1n) is 8.31. The highest BCUT2D eigenvalue weighted by Gasteiger charge is 2.34. The molecule has 2 aromatic rings. The molecule has 3 rings (SSSR count). The number of halogens is 3. The van der Waals surface area contributed by atoms with Crippen LogP contribution in [0.15, 0.2) is 28.8 Å². The van der Waals surface area contributed by atoms with Crippen LogP contribution in [0.1, 0.15) is 37.3 Å². The molecule has 1 saturated heterocycles. The third kappa shape index (κ3) is 4.26. The van der Waals surface area contributed by atoms with Crippen molar-refractivity contribution < 1.29 is 27.3 Å². The summed E-state index contributed by atoms with van der Waals surface area (Å²) in [5, 5.41) is 6.20. The summed E-state index contributed by atoms with van der Waals surface area (Å²) in [5.74, 6) is -0.413. The summed E-state index contributed by atoms with van der Waals surface area (Å²) in [6.07, 6.45) is -3.16. The summed E-state index contributed by atoms with van der Waals surface area (Å²) < 4.78 is 43.8. The van der Waals surface area contributed by atoms with Crippen LogP contribution in [0, 0.1) is 0 Å². The number of hydrogen-bond acceptors (Lipinski definition) is 5. The Bertz CT molecular complexity index is 850. The van der Waals surface area contributed by atoms with Gasteiger partial charge in [0.1, 0.15) is 6.04 Å². The summed E-state index contributed by atoms with van der Waals surface area (Å²) in [4.78, 5) is 28.9. The number of benzene rings is 1. The van der Waals surface area contributed by atoms with Crippen LogP contribution in [0.3, 0.4) is 0 Å². The average molecular weight is 382 g/mol. The van der Waals surface area contributed by atoms with Gasteiger partial charge in [0.2, 0.25) is 23.5 Å². The van der Waals surface area contributed by atoms with Gasteiger partial charge in [-0.25, -0.2) is 0 Å². The standard InChI is InChI=1S/C17H17F3N4O3/c1-10(25)21-9-14(26)24-7-3-6-13(24)16-22-15(23-27-16)11-4-2-5-12(8-11)17(18,19)20/h2,4-5,8,13H,3,6-7,9H2,1H3,(H,21,25)/t13-/m0/s1. The van der Waals surface area contributed by atoms with Crippen molar-refractivity contribution in [1.82, 2.24) is 20.4 Å². The molecule has 1 aliphatic rings. The van der Waals surface area contributed by atoms with Crippen molar-refractivity contribution >= 4 is 11.8 Å². The minimum absolute atomic E-state index is 0.0252. The van der Waals surface area contributed by atoms with Gasteiger partial charge in [0.05, 0.1) is 12.1 Å². The third-order valence-electron chi connectivity index (χ3n) is 4.24. The summed E-state index contributed by atoms with van der Waals surface area (Å²) in [5.41, 5.74) is -0.631. The lowest BCUT2D eigenvalue weighted by atomic mass is 10.1. The van der Waals surface area contributed by atoms with Crippen LogP contribution in [-0.2, 0) is 15.8 Å². The van der Waals surface area contributed by atoms with Gasteiger partial charge in [-0.05, 0) is 25.0 Å². The molecular weight excluding hydrogens is 365 g/mol. The number of rotatable bonds is 4. The number of amides is 2. The number of nitrogens with one attached hydrogen (secondary N) is 1. The molecule has 0 bridgehead atoms. The second-order valence-corrected chi connectivity index (χ2v) is 6.19. The van der Waals surface area contributed by atoms with E-state index in [-0.39, 0.29) is 35.6 Å². The van der Waals surface area contributed by atoms with Crippen molar-refractivity contribution in [2.75, 3.05) is 13.1 Å². The van der Waals surface area contributed by atoms with Gasteiger partial charge in [-0.2, -0.15) is 18.2 Å². The predicted molar refractivity (Wildman–Crippen MR) is 87.1 cm³/mol. The predicted octanol–water partition coefficient (Wildman–Crippen LogP) is 2.56. The van der Waals surface area contributed by atoms with E-state index in [0.717, 1.165) is 18.6 Å². The van der Waals surface area contributed by atoms with Crippen LogP contribution in [0.25, 0.3) is 11.4 Å². The van der Waals surface area contributed by atoms with Gasteiger partial charge >= 0.3 is 6.18 Å². The second kappa shape index (κ2) is 7.37. The van der Waals surface area contributed by atoms with E-state index in [4.69, 9.17) is 4.52 Å². The van der Waals surface area contributed by atoms with Crippen molar-refractivity contribution in [3.05, 3.63) is 35.7 Å². The van der Waals surface area contributed by atoms with Gasteiger partial charge < -0.3 is 14.7 Å². The van der Waals surface area contributed by atoms with Crippen LogP contribution >= 0.6 is 0 Å². The average Bonchev–Trinajstić information content (AvgIpc) is 3.28. The molecule has 1 N–H and O–H groups in total. The fraction of sp³-hybridized carbons (Fsp3) is 0.412. The quantitative estimate of drug-likeness (QED) is 0.878. The molecule has 1 atom stereocenters. The van der Waals surface area contributed by atoms with Crippen molar-refractivity contribution in [2.45, 2.75) is 32.0 Å². The van der Waals surface area contributed by atoms with E-state index in [1.165, 1.54) is 24.0 Å². The molecule has 2 heterocycles. The fourth-order valence-corrected chi connectivity index (χ4v) is 2.95. The lowest BCUT2D eigenvalue weighted by Crippen LogP contribution is -2.39. The Morgan fingerprint density at radius 2 is 2.15 bits per heavy atom. The summed E-state index contributed by atoms with van der Waals surface area (Å²) in [6.45, 7) is 1.65. The first kappa shape index (κ1) is 18.9. The van der Waals surface area contributed by atoms with E-state index >= 15 is 0 Å². The number of hydrogen-bond donors (Lipinski definition) is 1. The van der Waals surface area contributed by atoms with Gasteiger partial charge in [0, 0.05) is 19.0 Å². The lowest BCUT2D eigenvalue weighted by Gasteiger charge is -2.21. The van der Waals surface area contributed by atoms with Crippen molar-refractivity contribution in [1.29, 1.82) is 0 Å². The molecule has 0 saturated carbocycles. The van der Waals surface area contributed by atoms with Crippen molar-refractivity contribution in [3.8, 4) is 11.4 Å². The molecule has 1 aromatic carbocycles. The normalized spacial score (nSPS) is 17.2. The maximum absolute atomic E-state index is 12.9. The van der Waals surface area contributed by atoms with Gasteiger partial charge in [0.15, 0.2) is 0 Å². The molecule has 2 amide bonds. The van der Waals surface area contributed by atoms with Crippen LogP contribution < -0.4 is 5.32 Å². The lowest BCUT2D eigenvalue weighted by molar-refractivity contribution is -0.137. The zero-order valence-electron chi connectivity index (χ0n) is 14.4. The van der Waals surface area contributed by atoms with E-state index in [0.29, 0.717) is 13.0 Å². The molecule has 1 aromatic heterocycles. The number of alkyl halides is 3. The summed E-state index contributed by atoms with van der Waals surface area (Å²) in [7, 11) is 0. The highest BCUT2D eigenvalue weighted by molar-refractivity contribution is 5.84. The topological polar surface area (TPSA) is 88.3 Å². The smallest absolute Gasteiger partial charge is 0.347 e. The minimum Gasteiger partial charge on any atom is -0.347 e. The van der Waals surface area contributed by atoms with Gasteiger partial charge in [-0.1, -0.05) is 17.3 Å². The molecule has 0 spiro atoms. The zero-order chi connectivity index (χ0) is 19.6. The number of nitrogens with zero attached hydrogens (tertiary/aromatic N) is 3. The van der Waals surface area contributed by atoms with Crippen LogP contribution in [0.4, 0.5) is 13.2 Å². The second-order valence-electron chi connectivity index (χ2n) is 6.19. The van der Waals surface area contributed by atoms with Gasteiger partial charge in [-0.3, -0.25) is 9.59 Å². The first-order chi connectivity index (χ1) is 12.8. The van der Waals surface area contributed by atoms with Gasteiger partial charge in [0.25, 0.3) is 0 Å². The molecule has 27 heavy (non-hydrogen) atoms. The highest BCUT2D eigenvalue weighted by atomic mass is 19.4. The largest absolute Gasteiger partial charge is 0.416 e. The maximum atomic E-state index is 12.9. The number of likely N-dealkylation sites (tertiary alicyclic amines) is 1. The van der Waals surface area contributed by atoms with Crippen LogP contribution in [0.5, 0.6) is 0 Å². The number of aromatic nitrogens is 2. The fourth-order valence-electron chi connectivity index (χ4n) is 2.95. The van der Waals surface area contributed by atoms with E-state index in [1.807, 2.05) is 0 Å². The Hall–Kier alpha value is -2.91. The molecular formula is C17H17F3N4O3. The minimum atomic E-state index is -4.47. The first-order valence-corrected chi connectivity index (χ1v) is 8.31. The Kier molecular flexibility index (Phi) is 5.15. The molecule has 7 nitrogen and oxygen atoms in total. The van der Waals surface area contributed by atoms with E-state index in [1.54, 1.807) is 0 Å². The Labute approximate surface area is 152 Å². The summed E-state index contributed by atoms with van der Waals surface area (Å²) in [6, 6.07) is 4.18. The monoisotopic (exact) mass is 382 g/mol. The van der Waals surface area contributed by atoms with E-state index in [9.17, 15) is 22.8 Å². The molecule has 1 aliphatic heterocycles. The molecule has 144 valence electrons. The molecule has 0 unspecified atom stereocenters. The molecule has 1 fully saturated rings. The van der Waals surface area contributed by atoms with E-state index in [2.05, 4.69) is 15.5 Å². The van der Waals surface area contributed by atoms with E-state index < -0.39 is 17.8 Å². The Balaban J connectivity index is 1.79. The molecule has 0 radical (unpaired) electrons. The third-order valence-corrected chi connectivity index (χ3v) is 4.24. The highest BCUT2D eigenvalue weighted by Crippen LogP contribution is 2.34. The maximum Gasteiger partial charge on any atom is 0.416 e. The SMILES string of the molecule is CC(=O)NCC(=O)N1CCC[C@H]1c1nc(-c2cccc(C(F)(F)F)c2)no1. The van der Waals surface area contributed by atoms with Crippen LogP contribution in [-0.4, -0.2) is 39.9 Å². The Morgan fingerprint density at radius 3 is 2.85 bits per heavy atom. The van der Waals surface area contributed by atoms with Gasteiger partial charge in [-0.15, -0.1) is 0 Å². The number of carbonyl (C=O) groups excluding carboxylic acids is 2. The zero-order valence-corrected chi connectivity index (χ0v) is 14.4. The molecule has 0 aliphatic carbocycles. The Morgan fingerprint density at radius 1 is 1.37 bits per heavy atom. The number of carbonyl (C=O) groups is 2. The van der Waals surface area contributed by atoms with Crippen molar-refractivity contribution in [3.63, 3.8) is 0 Å². The summed E-state index contributed by atoms with van der Waals surface area (Å²) >= 11 is 0. The molecule has 10 heteroatoms. The van der Waals surface area contributed by atoms with Crippen LogP contribution in [0.2, 0.25) is 0 Å². The van der Waals surface area contributed by atoms with Crippen molar-refractivity contribution in [2.24, 2.45) is 0 Å².